The minimum Gasteiger partial charge on any atom is -0.451 e. The molecule has 0 N–H and O–H groups in total. The number of carbonyl (C=O) groups excluding carboxylic acids is 2. The van der Waals surface area contributed by atoms with Crippen LogP contribution in [0.5, 0.6) is 0 Å². The molecule has 1 unspecified atom stereocenters. The predicted octanol–water partition coefficient (Wildman–Crippen LogP) is 4.79. The van der Waals surface area contributed by atoms with Gasteiger partial charge in [-0.15, -0.1) is 0 Å². The maximum atomic E-state index is 13.7. The van der Waals surface area contributed by atoms with Crippen molar-refractivity contribution in [2.45, 2.75) is 18.9 Å². The smallest absolute Gasteiger partial charge is 0.307 e. The Morgan fingerprint density at radius 1 is 0.897 bits per heavy atom. The van der Waals surface area contributed by atoms with Crippen molar-refractivity contribution < 1.29 is 27.5 Å². The van der Waals surface area contributed by atoms with E-state index in [1.165, 1.54) is 24.4 Å². The summed E-state index contributed by atoms with van der Waals surface area (Å²) in [5, 5.41) is 0. The largest absolute Gasteiger partial charge is 0.451 e. The summed E-state index contributed by atoms with van der Waals surface area (Å²) in [7, 11) is 0. The Kier molecular flexibility index (Phi) is 6.39. The van der Waals surface area contributed by atoms with E-state index in [2.05, 4.69) is 4.98 Å². The van der Waals surface area contributed by atoms with Crippen molar-refractivity contribution in [3.63, 3.8) is 0 Å². The van der Waals surface area contributed by atoms with Crippen LogP contribution in [-0.2, 0) is 9.53 Å². The van der Waals surface area contributed by atoms with E-state index in [0.29, 0.717) is 17.3 Å². The molecule has 1 aromatic heterocycles. The molecule has 4 nitrogen and oxygen atoms in total. The van der Waals surface area contributed by atoms with Crippen LogP contribution >= 0.6 is 0 Å². The molecule has 7 heteroatoms. The van der Waals surface area contributed by atoms with E-state index in [9.17, 15) is 22.8 Å². The lowest BCUT2D eigenvalue weighted by molar-refractivity contribution is -0.147. The zero-order chi connectivity index (χ0) is 20.8. The van der Waals surface area contributed by atoms with Gasteiger partial charge in [-0.25, -0.2) is 13.2 Å². The Morgan fingerprint density at radius 2 is 1.69 bits per heavy atom. The number of carbonyl (C=O) groups is 2. The molecule has 1 atom stereocenters. The summed E-state index contributed by atoms with van der Waals surface area (Å²) in [5.74, 6) is -3.68. The molecule has 148 valence electrons. The summed E-state index contributed by atoms with van der Waals surface area (Å²) >= 11 is 0. The highest BCUT2D eigenvalue weighted by Crippen LogP contribution is 2.26. The summed E-state index contributed by atoms with van der Waals surface area (Å²) in [6, 6.07) is 13.2. The molecule has 3 aromatic rings. The van der Waals surface area contributed by atoms with E-state index in [1.54, 1.807) is 24.3 Å². The first kappa shape index (κ1) is 20.3. The number of nitrogens with zero attached hydrogens (tertiary/aromatic N) is 1. The summed E-state index contributed by atoms with van der Waals surface area (Å²) in [6.45, 7) is 0. The Bertz CT molecular complexity index is 1020. The van der Waals surface area contributed by atoms with Crippen LogP contribution in [0.1, 0.15) is 40.6 Å². The number of ether oxygens (including phenoxy) is 1. The van der Waals surface area contributed by atoms with Crippen LogP contribution in [0.15, 0.2) is 66.9 Å². The first-order chi connectivity index (χ1) is 13.9. The Balaban J connectivity index is 1.71. The van der Waals surface area contributed by atoms with E-state index >= 15 is 0 Å². The van der Waals surface area contributed by atoms with Crippen LogP contribution in [0, 0.1) is 17.5 Å². The summed E-state index contributed by atoms with van der Waals surface area (Å²) in [4.78, 5) is 28.6. The topological polar surface area (TPSA) is 56.3 Å². The highest BCUT2D eigenvalue weighted by atomic mass is 19.1. The van der Waals surface area contributed by atoms with E-state index < -0.39 is 35.3 Å². The number of pyridine rings is 1. The van der Waals surface area contributed by atoms with Crippen molar-refractivity contribution in [1.29, 1.82) is 0 Å². The molecule has 2 aromatic carbocycles. The van der Waals surface area contributed by atoms with Crippen LogP contribution in [0.4, 0.5) is 13.2 Å². The van der Waals surface area contributed by atoms with Crippen molar-refractivity contribution in [1.82, 2.24) is 4.98 Å². The molecule has 0 bridgehead atoms. The van der Waals surface area contributed by atoms with E-state index in [-0.39, 0.29) is 18.4 Å². The molecule has 0 saturated carbocycles. The zero-order valence-corrected chi connectivity index (χ0v) is 15.1. The van der Waals surface area contributed by atoms with E-state index in [0.717, 1.165) is 12.1 Å². The molecule has 29 heavy (non-hydrogen) atoms. The fourth-order valence-electron chi connectivity index (χ4n) is 2.76. The highest BCUT2D eigenvalue weighted by Gasteiger charge is 2.22. The van der Waals surface area contributed by atoms with E-state index in [4.69, 9.17) is 4.74 Å². The third kappa shape index (κ3) is 5.28. The van der Waals surface area contributed by atoms with Crippen molar-refractivity contribution in [3.05, 3.63) is 101 Å². The van der Waals surface area contributed by atoms with Crippen LogP contribution < -0.4 is 0 Å². The van der Waals surface area contributed by atoms with Crippen molar-refractivity contribution in [2.24, 2.45) is 0 Å². The van der Waals surface area contributed by atoms with Gasteiger partial charge in [-0.1, -0.05) is 18.2 Å². The minimum absolute atomic E-state index is 0.300. The molecule has 0 amide bonds. The number of hydrogen-bond acceptors (Lipinski definition) is 4. The van der Waals surface area contributed by atoms with Gasteiger partial charge in [0.1, 0.15) is 17.5 Å². The van der Waals surface area contributed by atoms with Crippen LogP contribution in [0.2, 0.25) is 0 Å². The number of rotatable bonds is 7. The van der Waals surface area contributed by atoms with Crippen molar-refractivity contribution in [3.8, 4) is 0 Å². The van der Waals surface area contributed by atoms with Crippen LogP contribution in [0.25, 0.3) is 0 Å². The van der Waals surface area contributed by atoms with Gasteiger partial charge in [0.05, 0.1) is 17.7 Å². The summed E-state index contributed by atoms with van der Waals surface area (Å²) in [6.07, 6.45) is -0.0959. The maximum Gasteiger partial charge on any atom is 0.307 e. The number of aromatic nitrogens is 1. The van der Waals surface area contributed by atoms with Gasteiger partial charge in [0.2, 0.25) is 0 Å². The number of hydrogen-bond donors (Lipinski definition) is 0. The van der Waals surface area contributed by atoms with Gasteiger partial charge in [-0.05, 0) is 36.4 Å². The molecule has 0 spiro atoms. The second kappa shape index (κ2) is 9.14. The van der Waals surface area contributed by atoms with E-state index in [1.807, 2.05) is 0 Å². The molecule has 1 heterocycles. The van der Waals surface area contributed by atoms with Crippen LogP contribution in [0.3, 0.4) is 0 Å². The Hall–Kier alpha value is -3.48. The second-order valence-corrected chi connectivity index (χ2v) is 6.23. The van der Waals surface area contributed by atoms with Gasteiger partial charge in [0.25, 0.3) is 0 Å². The molecule has 0 fully saturated rings. The SMILES string of the molecule is O=C(CCC(=O)c1ccc(F)cc1F)OC(c1cccc(F)c1)c1ccccn1. The predicted molar refractivity (Wildman–Crippen MR) is 98.5 cm³/mol. The highest BCUT2D eigenvalue weighted by molar-refractivity contribution is 5.97. The first-order valence-electron chi connectivity index (χ1n) is 8.78. The fourth-order valence-corrected chi connectivity index (χ4v) is 2.76. The molecule has 0 aliphatic carbocycles. The monoisotopic (exact) mass is 399 g/mol. The molecule has 3 rings (SSSR count). The normalized spacial score (nSPS) is 11.7. The third-order valence-corrected chi connectivity index (χ3v) is 4.14. The van der Waals surface area contributed by atoms with Gasteiger partial charge in [0.15, 0.2) is 11.9 Å². The average molecular weight is 399 g/mol. The standard InChI is InChI=1S/C22H16F3NO3/c23-15-5-3-4-14(12-15)22(19-6-1-2-11-26-19)29-21(28)10-9-20(27)17-8-7-16(24)13-18(17)25/h1-8,11-13,22H,9-10H2. The maximum absolute atomic E-state index is 13.7. The van der Waals surface area contributed by atoms with Gasteiger partial charge >= 0.3 is 5.97 Å². The lowest BCUT2D eigenvalue weighted by atomic mass is 10.0. The summed E-state index contributed by atoms with van der Waals surface area (Å²) in [5.41, 5.74) is 0.473. The zero-order valence-electron chi connectivity index (χ0n) is 15.1. The molecule has 0 radical (unpaired) electrons. The Labute approximate surface area is 165 Å². The first-order valence-corrected chi connectivity index (χ1v) is 8.78. The molecular formula is C22H16F3NO3. The van der Waals surface area contributed by atoms with Crippen LogP contribution in [-0.4, -0.2) is 16.7 Å². The molecular weight excluding hydrogens is 383 g/mol. The van der Waals surface area contributed by atoms with Gasteiger partial charge in [-0.2, -0.15) is 0 Å². The van der Waals surface area contributed by atoms with Gasteiger partial charge in [0, 0.05) is 24.2 Å². The van der Waals surface area contributed by atoms with Gasteiger partial charge < -0.3 is 4.74 Å². The second-order valence-electron chi connectivity index (χ2n) is 6.23. The number of halogens is 3. The number of benzene rings is 2. The summed E-state index contributed by atoms with van der Waals surface area (Å²) < 4.78 is 45.7. The minimum atomic E-state index is -0.991. The molecule has 0 saturated heterocycles. The average Bonchev–Trinajstić information content (AvgIpc) is 2.71. The van der Waals surface area contributed by atoms with Crippen molar-refractivity contribution in [2.75, 3.05) is 0 Å². The number of esters is 1. The van der Waals surface area contributed by atoms with Crippen molar-refractivity contribution >= 4 is 11.8 Å². The number of Topliss-reactive ketones (excluding diaryl/α,β-unsaturated/α-hetero) is 1. The fraction of sp³-hybridized carbons (Fsp3) is 0.136. The number of ketones is 1. The molecule has 0 aliphatic rings. The third-order valence-electron chi connectivity index (χ3n) is 4.14. The quantitative estimate of drug-likeness (QED) is 0.423. The lowest BCUT2D eigenvalue weighted by Gasteiger charge is -2.18. The lowest BCUT2D eigenvalue weighted by Crippen LogP contribution is -2.15. The van der Waals surface area contributed by atoms with Gasteiger partial charge in [-0.3, -0.25) is 14.6 Å². The Morgan fingerprint density at radius 3 is 2.38 bits per heavy atom. The molecule has 0 aliphatic heterocycles.